The van der Waals surface area contributed by atoms with Crippen LogP contribution in [0.4, 0.5) is 16.3 Å². The number of aryl methyl sites for hydroxylation is 1. The molecule has 0 aliphatic carbocycles. The van der Waals surface area contributed by atoms with E-state index < -0.39 is 6.03 Å². The molecule has 2 N–H and O–H groups in total. The highest BCUT2D eigenvalue weighted by Crippen LogP contribution is 2.37. The van der Waals surface area contributed by atoms with E-state index in [1.165, 1.54) is 0 Å². The van der Waals surface area contributed by atoms with Gasteiger partial charge >= 0.3 is 6.03 Å². The Bertz CT molecular complexity index is 1330. The summed E-state index contributed by atoms with van der Waals surface area (Å²) in [6.07, 6.45) is 1.64. The first-order valence-electron chi connectivity index (χ1n) is 9.96. The standard InChI is InChI=1S/C24H21ClN4O4/c1-14-5-4-6-23(27-14)29-24(30)28-18-8-7-15(11-17(18)25)33-20-9-10-26-19-13-22(32-3)21(31-2)12-16(19)20/h4-13H,1-3H3,(H2,27,28,29,30). The smallest absolute Gasteiger partial charge is 0.324 e. The lowest BCUT2D eigenvalue weighted by atomic mass is 10.2. The molecular formula is C24H21ClN4O4. The maximum Gasteiger partial charge on any atom is 0.324 e. The van der Waals surface area contributed by atoms with Crippen LogP contribution in [0.3, 0.4) is 0 Å². The minimum Gasteiger partial charge on any atom is -0.493 e. The Labute approximate surface area is 195 Å². The van der Waals surface area contributed by atoms with E-state index >= 15 is 0 Å². The van der Waals surface area contributed by atoms with Crippen LogP contribution in [-0.2, 0) is 0 Å². The van der Waals surface area contributed by atoms with Gasteiger partial charge in [-0.3, -0.25) is 10.3 Å². The molecule has 0 saturated carbocycles. The van der Waals surface area contributed by atoms with Crippen molar-refractivity contribution < 1.29 is 19.0 Å². The number of hydrogen-bond donors (Lipinski definition) is 2. The first-order chi connectivity index (χ1) is 16.0. The number of methoxy groups -OCH3 is 2. The predicted octanol–water partition coefficient (Wildman–Crippen LogP) is 6.05. The number of carbonyl (C=O) groups is 1. The summed E-state index contributed by atoms with van der Waals surface area (Å²) in [5, 5.41) is 6.45. The van der Waals surface area contributed by atoms with Gasteiger partial charge in [0.25, 0.3) is 0 Å². The molecule has 0 fully saturated rings. The van der Waals surface area contributed by atoms with Gasteiger partial charge in [0.05, 0.1) is 30.4 Å². The summed E-state index contributed by atoms with van der Waals surface area (Å²) < 4.78 is 16.8. The van der Waals surface area contributed by atoms with Crippen molar-refractivity contribution >= 4 is 40.0 Å². The molecule has 0 radical (unpaired) electrons. The maximum atomic E-state index is 12.3. The van der Waals surface area contributed by atoms with Crippen LogP contribution in [0.15, 0.2) is 60.8 Å². The van der Waals surface area contributed by atoms with E-state index in [-0.39, 0.29) is 0 Å². The topological polar surface area (TPSA) is 94.6 Å². The third kappa shape index (κ3) is 5.07. The van der Waals surface area contributed by atoms with Crippen LogP contribution in [0.1, 0.15) is 5.69 Å². The Morgan fingerprint density at radius 1 is 0.939 bits per heavy atom. The molecular weight excluding hydrogens is 444 g/mol. The van der Waals surface area contributed by atoms with E-state index in [9.17, 15) is 4.79 Å². The summed E-state index contributed by atoms with van der Waals surface area (Å²) in [4.78, 5) is 20.9. The highest BCUT2D eigenvalue weighted by atomic mass is 35.5. The van der Waals surface area contributed by atoms with Crippen LogP contribution in [0, 0.1) is 6.92 Å². The molecule has 4 rings (SSSR count). The van der Waals surface area contributed by atoms with Crippen molar-refractivity contribution in [2.24, 2.45) is 0 Å². The second-order valence-electron chi connectivity index (χ2n) is 7.02. The largest absolute Gasteiger partial charge is 0.493 e. The molecule has 9 heteroatoms. The molecule has 0 aliphatic rings. The van der Waals surface area contributed by atoms with Crippen molar-refractivity contribution in [1.82, 2.24) is 9.97 Å². The fourth-order valence-electron chi connectivity index (χ4n) is 3.21. The lowest BCUT2D eigenvalue weighted by Crippen LogP contribution is -2.20. The van der Waals surface area contributed by atoms with E-state index in [1.807, 2.05) is 19.1 Å². The SMILES string of the molecule is COc1cc2nccc(Oc3ccc(NC(=O)Nc4cccc(C)n4)c(Cl)c3)c2cc1OC. The van der Waals surface area contributed by atoms with Crippen LogP contribution < -0.4 is 24.8 Å². The monoisotopic (exact) mass is 464 g/mol. The number of urea groups is 1. The van der Waals surface area contributed by atoms with Crippen LogP contribution in [0.2, 0.25) is 5.02 Å². The number of aromatic nitrogens is 2. The summed E-state index contributed by atoms with van der Waals surface area (Å²) in [7, 11) is 3.14. The quantitative estimate of drug-likeness (QED) is 0.361. The molecule has 168 valence electrons. The number of nitrogens with zero attached hydrogens (tertiary/aromatic N) is 2. The molecule has 0 unspecified atom stereocenters. The number of amides is 2. The minimum absolute atomic E-state index is 0.317. The average molecular weight is 465 g/mol. The summed E-state index contributed by atoms with van der Waals surface area (Å²) >= 11 is 6.39. The average Bonchev–Trinajstić information content (AvgIpc) is 2.80. The van der Waals surface area contributed by atoms with Crippen LogP contribution in [-0.4, -0.2) is 30.2 Å². The van der Waals surface area contributed by atoms with Crippen LogP contribution in [0.25, 0.3) is 10.9 Å². The van der Waals surface area contributed by atoms with Crippen molar-refractivity contribution in [1.29, 1.82) is 0 Å². The number of hydrogen-bond acceptors (Lipinski definition) is 6. The van der Waals surface area contributed by atoms with E-state index in [0.717, 1.165) is 11.1 Å². The zero-order chi connectivity index (χ0) is 23.4. The number of fused-ring (bicyclic) bond motifs is 1. The predicted molar refractivity (Wildman–Crippen MR) is 128 cm³/mol. The fourth-order valence-corrected chi connectivity index (χ4v) is 3.42. The molecule has 4 aromatic rings. The maximum absolute atomic E-state index is 12.3. The number of pyridine rings is 2. The molecule has 8 nitrogen and oxygen atoms in total. The fraction of sp³-hybridized carbons (Fsp3) is 0.125. The molecule has 2 heterocycles. The number of carbonyl (C=O) groups excluding carboxylic acids is 1. The zero-order valence-electron chi connectivity index (χ0n) is 18.2. The minimum atomic E-state index is -0.454. The number of halogens is 1. The van der Waals surface area contributed by atoms with Crippen molar-refractivity contribution in [2.75, 3.05) is 24.9 Å². The Kier molecular flexibility index (Phi) is 6.46. The molecule has 2 amide bonds. The molecule has 0 bridgehead atoms. The van der Waals surface area contributed by atoms with Gasteiger partial charge in [0.1, 0.15) is 17.3 Å². The number of anilines is 2. The number of ether oxygens (including phenoxy) is 3. The van der Waals surface area contributed by atoms with Gasteiger partial charge < -0.3 is 19.5 Å². The van der Waals surface area contributed by atoms with Gasteiger partial charge in [0.15, 0.2) is 11.5 Å². The van der Waals surface area contributed by atoms with E-state index in [4.69, 9.17) is 25.8 Å². The van der Waals surface area contributed by atoms with E-state index in [2.05, 4.69) is 20.6 Å². The Hall–Kier alpha value is -4.04. The second kappa shape index (κ2) is 9.62. The molecule has 2 aromatic heterocycles. The van der Waals surface area contributed by atoms with Crippen molar-refractivity contribution in [3.05, 3.63) is 71.5 Å². The number of benzene rings is 2. The zero-order valence-corrected chi connectivity index (χ0v) is 18.9. The highest BCUT2D eigenvalue weighted by Gasteiger charge is 2.13. The normalized spacial score (nSPS) is 10.5. The summed E-state index contributed by atoms with van der Waals surface area (Å²) in [5.41, 5.74) is 1.92. The highest BCUT2D eigenvalue weighted by molar-refractivity contribution is 6.34. The number of rotatable bonds is 6. The molecule has 0 aliphatic heterocycles. The van der Waals surface area contributed by atoms with Gasteiger partial charge in [0.2, 0.25) is 0 Å². The van der Waals surface area contributed by atoms with Gasteiger partial charge in [-0.2, -0.15) is 0 Å². The van der Waals surface area contributed by atoms with Gasteiger partial charge in [-0.25, -0.2) is 9.78 Å². The summed E-state index contributed by atoms with van der Waals surface area (Å²) in [6, 6.07) is 15.2. The van der Waals surface area contributed by atoms with Gasteiger partial charge in [-0.05, 0) is 43.3 Å². The van der Waals surface area contributed by atoms with Gasteiger partial charge in [-0.15, -0.1) is 0 Å². The molecule has 33 heavy (non-hydrogen) atoms. The molecule has 2 aromatic carbocycles. The Morgan fingerprint density at radius 2 is 1.73 bits per heavy atom. The van der Waals surface area contributed by atoms with Crippen molar-refractivity contribution in [2.45, 2.75) is 6.92 Å². The van der Waals surface area contributed by atoms with Crippen LogP contribution in [0.5, 0.6) is 23.0 Å². The first kappa shape index (κ1) is 22.2. The third-order valence-electron chi connectivity index (χ3n) is 4.75. The lowest BCUT2D eigenvalue weighted by molar-refractivity contribution is 0.262. The third-order valence-corrected chi connectivity index (χ3v) is 5.07. The summed E-state index contributed by atoms with van der Waals surface area (Å²) in [6.45, 7) is 1.84. The Balaban J connectivity index is 1.52. The summed E-state index contributed by atoms with van der Waals surface area (Å²) in [5.74, 6) is 2.65. The van der Waals surface area contributed by atoms with E-state index in [1.54, 1.807) is 62.9 Å². The molecule has 0 saturated heterocycles. The lowest BCUT2D eigenvalue weighted by Gasteiger charge is -2.13. The Morgan fingerprint density at radius 3 is 2.45 bits per heavy atom. The van der Waals surface area contributed by atoms with Gasteiger partial charge in [0, 0.05) is 29.4 Å². The van der Waals surface area contributed by atoms with Crippen molar-refractivity contribution in [3.63, 3.8) is 0 Å². The van der Waals surface area contributed by atoms with Crippen molar-refractivity contribution in [3.8, 4) is 23.0 Å². The second-order valence-corrected chi connectivity index (χ2v) is 7.43. The van der Waals surface area contributed by atoms with Gasteiger partial charge in [-0.1, -0.05) is 17.7 Å². The molecule has 0 atom stereocenters. The number of nitrogens with one attached hydrogen (secondary N) is 2. The molecule has 0 spiro atoms. The first-order valence-corrected chi connectivity index (χ1v) is 10.3. The van der Waals surface area contributed by atoms with Crippen LogP contribution >= 0.6 is 11.6 Å². The van der Waals surface area contributed by atoms with E-state index in [0.29, 0.717) is 45.0 Å².